The molecule has 6 heteroatoms. The van der Waals surface area contributed by atoms with Gasteiger partial charge in [-0.05, 0) is 44.4 Å². The van der Waals surface area contributed by atoms with E-state index in [2.05, 4.69) is 5.32 Å². The molecule has 26 heavy (non-hydrogen) atoms. The minimum absolute atomic E-state index is 0.192. The number of likely N-dealkylation sites (N-methyl/N-ethyl adjacent to an activating group) is 1. The van der Waals surface area contributed by atoms with Crippen molar-refractivity contribution in [3.8, 4) is 0 Å². The molecule has 0 aliphatic heterocycles. The fraction of sp³-hybridized carbons (Fsp3) is 0.350. The summed E-state index contributed by atoms with van der Waals surface area (Å²) in [7, 11) is -2.31. The van der Waals surface area contributed by atoms with Gasteiger partial charge in [-0.25, -0.2) is 8.42 Å². The Morgan fingerprint density at radius 2 is 1.62 bits per heavy atom. The Labute approximate surface area is 156 Å². The van der Waals surface area contributed by atoms with Gasteiger partial charge in [0.05, 0.1) is 17.5 Å². The number of sulfonamides is 1. The Balaban J connectivity index is 2.13. The van der Waals surface area contributed by atoms with Crippen LogP contribution in [0.3, 0.4) is 0 Å². The Morgan fingerprint density at radius 3 is 2.15 bits per heavy atom. The smallest absolute Gasteiger partial charge is 0.243 e. The number of aryl methyl sites for hydroxylation is 3. The summed E-state index contributed by atoms with van der Waals surface area (Å²) in [6, 6.07) is 13.0. The maximum absolute atomic E-state index is 12.9. The van der Waals surface area contributed by atoms with Crippen molar-refractivity contribution in [1.29, 1.82) is 0 Å². The van der Waals surface area contributed by atoms with Crippen LogP contribution in [0.2, 0.25) is 0 Å². The number of amides is 1. The van der Waals surface area contributed by atoms with Crippen LogP contribution in [0.5, 0.6) is 0 Å². The van der Waals surface area contributed by atoms with Crippen LogP contribution in [0, 0.1) is 20.8 Å². The van der Waals surface area contributed by atoms with Gasteiger partial charge in [-0.15, -0.1) is 0 Å². The molecule has 2 rings (SSSR count). The molecular weight excluding hydrogens is 348 g/mol. The van der Waals surface area contributed by atoms with Crippen molar-refractivity contribution in [3.63, 3.8) is 0 Å². The first-order chi connectivity index (χ1) is 12.1. The second kappa shape index (κ2) is 8.01. The van der Waals surface area contributed by atoms with Crippen LogP contribution in [0.25, 0.3) is 0 Å². The van der Waals surface area contributed by atoms with Gasteiger partial charge in [-0.2, -0.15) is 4.31 Å². The summed E-state index contributed by atoms with van der Waals surface area (Å²) in [5.41, 5.74) is 3.35. The van der Waals surface area contributed by atoms with Crippen LogP contribution < -0.4 is 5.32 Å². The van der Waals surface area contributed by atoms with Crippen LogP contribution in [0.15, 0.2) is 47.4 Å². The highest BCUT2D eigenvalue weighted by atomic mass is 32.2. The lowest BCUT2D eigenvalue weighted by Gasteiger charge is -2.21. The maximum Gasteiger partial charge on any atom is 0.243 e. The zero-order chi connectivity index (χ0) is 19.5. The highest BCUT2D eigenvalue weighted by molar-refractivity contribution is 7.89. The highest BCUT2D eigenvalue weighted by Crippen LogP contribution is 2.24. The molecule has 0 heterocycles. The van der Waals surface area contributed by atoms with Gasteiger partial charge in [0.25, 0.3) is 0 Å². The molecule has 2 aromatic carbocycles. The Bertz CT molecular complexity index is 870. The lowest BCUT2D eigenvalue weighted by molar-refractivity contribution is -0.121. The predicted molar refractivity (Wildman–Crippen MR) is 103 cm³/mol. The largest absolute Gasteiger partial charge is 0.348 e. The van der Waals surface area contributed by atoms with Gasteiger partial charge in [0.15, 0.2) is 0 Å². The molecule has 140 valence electrons. The average molecular weight is 375 g/mol. The number of carbonyl (C=O) groups is 1. The summed E-state index contributed by atoms with van der Waals surface area (Å²) in [5, 5.41) is 2.84. The minimum atomic E-state index is -3.74. The third kappa shape index (κ3) is 4.51. The molecule has 1 amide bonds. The molecule has 0 fully saturated rings. The molecule has 0 radical (unpaired) electrons. The van der Waals surface area contributed by atoms with E-state index in [-0.39, 0.29) is 23.4 Å². The fourth-order valence-electron chi connectivity index (χ4n) is 3.13. The Kier molecular flexibility index (Phi) is 6.21. The Morgan fingerprint density at radius 1 is 1.08 bits per heavy atom. The monoisotopic (exact) mass is 374 g/mol. The van der Waals surface area contributed by atoms with E-state index in [0.717, 1.165) is 15.4 Å². The van der Waals surface area contributed by atoms with Crippen molar-refractivity contribution in [3.05, 3.63) is 64.7 Å². The number of rotatable bonds is 6. The number of carbonyl (C=O) groups excluding carboxylic acids is 1. The van der Waals surface area contributed by atoms with Crippen molar-refractivity contribution in [1.82, 2.24) is 9.62 Å². The van der Waals surface area contributed by atoms with E-state index in [0.29, 0.717) is 11.1 Å². The normalized spacial score (nSPS) is 12.8. The van der Waals surface area contributed by atoms with Crippen molar-refractivity contribution in [2.24, 2.45) is 0 Å². The molecule has 0 spiro atoms. The third-order valence-electron chi connectivity index (χ3n) is 4.32. The van der Waals surface area contributed by atoms with Crippen LogP contribution in [-0.4, -0.2) is 32.2 Å². The zero-order valence-corrected chi connectivity index (χ0v) is 16.7. The standard InChI is InChI=1S/C20H26N2O3S/c1-14-11-15(2)20(16(3)12-14)26(24,25)22(5)13-19(23)21-17(4)18-9-7-6-8-10-18/h6-12,17H,13H2,1-5H3,(H,21,23). The molecule has 2 aromatic rings. The van der Waals surface area contributed by atoms with Gasteiger partial charge < -0.3 is 5.32 Å². The predicted octanol–water partition coefficient (Wildman–Crippen LogP) is 3.11. The van der Waals surface area contributed by atoms with Crippen molar-refractivity contribution < 1.29 is 13.2 Å². The minimum Gasteiger partial charge on any atom is -0.348 e. The van der Waals surface area contributed by atoms with E-state index >= 15 is 0 Å². The van der Waals surface area contributed by atoms with E-state index in [1.807, 2.05) is 56.3 Å². The van der Waals surface area contributed by atoms with Crippen molar-refractivity contribution in [2.45, 2.75) is 38.6 Å². The van der Waals surface area contributed by atoms with E-state index in [1.165, 1.54) is 7.05 Å². The SMILES string of the molecule is Cc1cc(C)c(S(=O)(=O)N(C)CC(=O)NC(C)c2ccccc2)c(C)c1. The molecule has 5 nitrogen and oxygen atoms in total. The number of nitrogens with one attached hydrogen (secondary N) is 1. The molecule has 1 unspecified atom stereocenters. The van der Waals surface area contributed by atoms with Crippen LogP contribution in [-0.2, 0) is 14.8 Å². The number of hydrogen-bond donors (Lipinski definition) is 1. The summed E-state index contributed by atoms with van der Waals surface area (Å²) >= 11 is 0. The molecular formula is C20H26N2O3S. The molecule has 0 bridgehead atoms. The number of hydrogen-bond acceptors (Lipinski definition) is 3. The van der Waals surface area contributed by atoms with Crippen molar-refractivity contribution in [2.75, 3.05) is 13.6 Å². The summed E-state index contributed by atoms with van der Waals surface area (Å²) < 4.78 is 26.9. The van der Waals surface area contributed by atoms with Gasteiger partial charge in [-0.3, -0.25) is 4.79 Å². The molecule has 1 atom stereocenters. The van der Waals surface area contributed by atoms with Crippen LogP contribution in [0.1, 0.15) is 35.2 Å². The first-order valence-corrected chi connectivity index (χ1v) is 9.95. The summed E-state index contributed by atoms with van der Waals surface area (Å²) in [6.45, 7) is 7.12. The van der Waals surface area contributed by atoms with Gasteiger partial charge in [0, 0.05) is 7.05 Å². The average Bonchev–Trinajstić information content (AvgIpc) is 2.54. The summed E-state index contributed by atoms with van der Waals surface area (Å²) in [6.07, 6.45) is 0. The van der Waals surface area contributed by atoms with Gasteiger partial charge in [0.2, 0.25) is 15.9 Å². The lowest BCUT2D eigenvalue weighted by Crippen LogP contribution is -2.39. The van der Waals surface area contributed by atoms with Gasteiger partial charge in [0.1, 0.15) is 0 Å². The first kappa shape index (κ1) is 20.1. The van der Waals surface area contributed by atoms with Gasteiger partial charge in [-0.1, -0.05) is 48.0 Å². The van der Waals surface area contributed by atoms with E-state index in [9.17, 15) is 13.2 Å². The summed E-state index contributed by atoms with van der Waals surface area (Å²) in [4.78, 5) is 12.6. The topological polar surface area (TPSA) is 66.5 Å². The second-order valence-electron chi connectivity index (χ2n) is 6.69. The van der Waals surface area contributed by atoms with E-state index < -0.39 is 10.0 Å². The molecule has 0 aromatic heterocycles. The highest BCUT2D eigenvalue weighted by Gasteiger charge is 2.27. The maximum atomic E-state index is 12.9. The van der Waals surface area contributed by atoms with Crippen LogP contribution >= 0.6 is 0 Å². The lowest BCUT2D eigenvalue weighted by atomic mass is 10.1. The molecule has 1 N–H and O–H groups in total. The summed E-state index contributed by atoms with van der Waals surface area (Å²) in [5.74, 6) is -0.338. The number of nitrogens with zero attached hydrogens (tertiary/aromatic N) is 1. The molecule has 0 aliphatic carbocycles. The number of benzene rings is 2. The molecule has 0 saturated carbocycles. The quantitative estimate of drug-likeness (QED) is 0.845. The first-order valence-electron chi connectivity index (χ1n) is 8.51. The molecule has 0 aliphatic rings. The van der Waals surface area contributed by atoms with Crippen LogP contribution in [0.4, 0.5) is 0 Å². The zero-order valence-electron chi connectivity index (χ0n) is 15.9. The van der Waals surface area contributed by atoms with E-state index in [4.69, 9.17) is 0 Å². The van der Waals surface area contributed by atoms with Crippen molar-refractivity contribution >= 4 is 15.9 Å². The van der Waals surface area contributed by atoms with Gasteiger partial charge >= 0.3 is 0 Å². The van der Waals surface area contributed by atoms with E-state index in [1.54, 1.807) is 13.8 Å². The third-order valence-corrected chi connectivity index (χ3v) is 6.43. The molecule has 0 saturated heterocycles. The fourth-order valence-corrected chi connectivity index (χ4v) is 4.66. The Hall–Kier alpha value is -2.18. The second-order valence-corrected chi connectivity index (χ2v) is 8.67.